The molecule has 2 rings (SSSR count). The van der Waals surface area contributed by atoms with E-state index < -0.39 is 5.41 Å². The van der Waals surface area contributed by atoms with E-state index in [-0.39, 0.29) is 0 Å². The van der Waals surface area contributed by atoms with E-state index in [2.05, 4.69) is 52.9 Å². The zero-order valence-electron chi connectivity index (χ0n) is 10.7. The van der Waals surface area contributed by atoms with Crippen LogP contribution in [0.2, 0.25) is 0 Å². The molecule has 0 heterocycles. The van der Waals surface area contributed by atoms with Gasteiger partial charge in [0.2, 0.25) is 0 Å². The number of nitriles is 1. The fourth-order valence-corrected chi connectivity index (χ4v) is 2.80. The van der Waals surface area contributed by atoms with E-state index >= 15 is 0 Å². The predicted molar refractivity (Wildman–Crippen MR) is 87.4 cm³/mol. The summed E-state index contributed by atoms with van der Waals surface area (Å²) in [5.41, 5.74) is 1.66. The second-order valence-electron chi connectivity index (χ2n) is 4.54. The number of hydrogen-bond donors (Lipinski definition) is 0. The molecule has 0 aliphatic heterocycles. The van der Waals surface area contributed by atoms with Gasteiger partial charge in [-0.3, -0.25) is 0 Å². The Hall–Kier alpha value is -1.34. The summed E-state index contributed by atoms with van der Waals surface area (Å²) < 4.78 is 1.07. The third-order valence-electron chi connectivity index (χ3n) is 3.41. The van der Waals surface area contributed by atoms with Crippen LogP contribution in [0.15, 0.2) is 60.7 Å². The molecule has 0 unspecified atom stereocenters. The molecule has 2 heteroatoms. The molecule has 0 spiro atoms. The van der Waals surface area contributed by atoms with Crippen LogP contribution in [0.3, 0.4) is 0 Å². The van der Waals surface area contributed by atoms with Gasteiger partial charge in [-0.05, 0) is 28.4 Å². The first-order valence-electron chi connectivity index (χ1n) is 6.42. The summed E-state index contributed by atoms with van der Waals surface area (Å²) in [4.78, 5) is 0. The molecule has 19 heavy (non-hydrogen) atoms. The topological polar surface area (TPSA) is 23.8 Å². The molecule has 0 amide bonds. The second-order valence-corrected chi connectivity index (χ2v) is 5.62. The first-order valence-corrected chi connectivity index (χ1v) is 7.94. The van der Waals surface area contributed by atoms with Gasteiger partial charge in [0, 0.05) is 0 Å². The molecular weight excluding hydrogens is 345 g/mol. The molecular formula is C17H16IN. The molecule has 0 atom stereocenters. The highest BCUT2D eigenvalue weighted by atomic mass is 127. The van der Waals surface area contributed by atoms with Gasteiger partial charge in [-0.15, -0.1) is 0 Å². The van der Waals surface area contributed by atoms with Crippen LogP contribution in [0.1, 0.15) is 24.0 Å². The van der Waals surface area contributed by atoms with Crippen LogP contribution in [0, 0.1) is 11.3 Å². The van der Waals surface area contributed by atoms with Gasteiger partial charge in [-0.1, -0.05) is 83.3 Å². The molecule has 0 saturated heterocycles. The van der Waals surface area contributed by atoms with E-state index in [4.69, 9.17) is 0 Å². The van der Waals surface area contributed by atoms with Crippen LogP contribution in [0.25, 0.3) is 0 Å². The normalized spacial score (nSPS) is 10.9. The minimum Gasteiger partial charge on any atom is -0.197 e. The minimum absolute atomic E-state index is 0.520. The maximum absolute atomic E-state index is 9.86. The molecule has 0 radical (unpaired) electrons. The molecule has 0 fully saturated rings. The summed E-state index contributed by atoms with van der Waals surface area (Å²) in [7, 11) is 0. The summed E-state index contributed by atoms with van der Waals surface area (Å²) >= 11 is 2.37. The molecule has 0 N–H and O–H groups in total. The average Bonchev–Trinajstić information content (AvgIpc) is 2.51. The Kier molecular flexibility index (Phi) is 4.98. The Morgan fingerprint density at radius 3 is 1.74 bits per heavy atom. The van der Waals surface area contributed by atoms with Crippen molar-refractivity contribution >= 4 is 22.6 Å². The molecule has 0 aliphatic rings. The van der Waals surface area contributed by atoms with Gasteiger partial charge in [-0.25, -0.2) is 0 Å². The van der Waals surface area contributed by atoms with Crippen molar-refractivity contribution in [2.24, 2.45) is 0 Å². The van der Waals surface area contributed by atoms with Crippen molar-refractivity contribution in [3.8, 4) is 6.07 Å². The Morgan fingerprint density at radius 2 is 1.37 bits per heavy atom. The first-order chi connectivity index (χ1) is 9.33. The standard InChI is InChI=1S/C17H16IN/c18-13-7-12-17(14-19,15-8-3-1-4-9-15)16-10-5-2-6-11-16/h1-6,8-11H,7,12-13H2. The molecule has 0 aliphatic carbocycles. The molecule has 2 aromatic carbocycles. The molecule has 0 saturated carbocycles. The van der Waals surface area contributed by atoms with E-state index in [0.717, 1.165) is 28.4 Å². The lowest BCUT2D eigenvalue weighted by Gasteiger charge is -2.27. The summed E-state index contributed by atoms with van der Waals surface area (Å²) in [6.07, 6.45) is 1.90. The van der Waals surface area contributed by atoms with Crippen molar-refractivity contribution in [1.82, 2.24) is 0 Å². The van der Waals surface area contributed by atoms with E-state index in [1.807, 2.05) is 36.4 Å². The third kappa shape index (κ3) is 2.98. The van der Waals surface area contributed by atoms with Gasteiger partial charge < -0.3 is 0 Å². The van der Waals surface area contributed by atoms with E-state index in [1.54, 1.807) is 0 Å². The monoisotopic (exact) mass is 361 g/mol. The zero-order chi connectivity index (χ0) is 13.6. The lowest BCUT2D eigenvalue weighted by molar-refractivity contribution is 0.587. The highest BCUT2D eigenvalue weighted by Gasteiger charge is 2.33. The zero-order valence-corrected chi connectivity index (χ0v) is 12.9. The first kappa shape index (κ1) is 14.1. The van der Waals surface area contributed by atoms with Crippen molar-refractivity contribution < 1.29 is 0 Å². The Balaban J connectivity index is 2.53. The highest BCUT2D eigenvalue weighted by molar-refractivity contribution is 14.1. The lowest BCUT2D eigenvalue weighted by Crippen LogP contribution is -2.26. The number of hydrogen-bond acceptors (Lipinski definition) is 1. The van der Waals surface area contributed by atoms with E-state index in [9.17, 15) is 5.26 Å². The summed E-state index contributed by atoms with van der Waals surface area (Å²) in [6.45, 7) is 0. The average molecular weight is 361 g/mol. The van der Waals surface area contributed by atoms with Crippen molar-refractivity contribution in [1.29, 1.82) is 5.26 Å². The molecule has 0 aromatic heterocycles. The summed E-state index contributed by atoms with van der Waals surface area (Å²) in [6, 6.07) is 22.8. The van der Waals surface area contributed by atoms with Gasteiger partial charge in [0.15, 0.2) is 0 Å². The molecule has 96 valence electrons. The Labute approximate surface area is 128 Å². The number of halogens is 1. The van der Waals surface area contributed by atoms with Gasteiger partial charge in [0.25, 0.3) is 0 Å². The van der Waals surface area contributed by atoms with Crippen molar-refractivity contribution in [2.75, 3.05) is 4.43 Å². The number of alkyl halides is 1. The maximum atomic E-state index is 9.86. The Morgan fingerprint density at radius 1 is 0.895 bits per heavy atom. The van der Waals surface area contributed by atoms with Crippen molar-refractivity contribution in [3.63, 3.8) is 0 Å². The SMILES string of the molecule is N#CC(CCCI)(c1ccccc1)c1ccccc1. The van der Waals surface area contributed by atoms with Gasteiger partial charge in [0.1, 0.15) is 5.41 Å². The van der Waals surface area contributed by atoms with E-state index in [0.29, 0.717) is 0 Å². The fourth-order valence-electron chi connectivity index (χ4n) is 2.42. The fraction of sp³-hybridized carbons (Fsp3) is 0.235. The smallest absolute Gasteiger partial charge is 0.107 e. The van der Waals surface area contributed by atoms with Gasteiger partial charge in [-0.2, -0.15) is 5.26 Å². The Bertz CT molecular complexity index is 503. The van der Waals surface area contributed by atoms with Crippen molar-refractivity contribution in [2.45, 2.75) is 18.3 Å². The molecule has 0 bridgehead atoms. The highest BCUT2D eigenvalue weighted by Crippen LogP contribution is 2.36. The molecule has 2 aromatic rings. The number of benzene rings is 2. The number of nitrogens with zero attached hydrogens (tertiary/aromatic N) is 1. The third-order valence-corrected chi connectivity index (χ3v) is 4.17. The van der Waals surface area contributed by atoms with Crippen LogP contribution in [-0.4, -0.2) is 4.43 Å². The van der Waals surface area contributed by atoms with Gasteiger partial charge >= 0.3 is 0 Å². The minimum atomic E-state index is -0.520. The van der Waals surface area contributed by atoms with Crippen LogP contribution in [-0.2, 0) is 5.41 Å². The van der Waals surface area contributed by atoms with Crippen molar-refractivity contribution in [3.05, 3.63) is 71.8 Å². The molecule has 1 nitrogen and oxygen atoms in total. The second kappa shape index (κ2) is 6.72. The predicted octanol–water partition coefficient (Wildman–Crippen LogP) is 4.71. The van der Waals surface area contributed by atoms with Crippen LogP contribution in [0.4, 0.5) is 0 Å². The lowest BCUT2D eigenvalue weighted by atomic mass is 9.72. The number of rotatable bonds is 5. The largest absolute Gasteiger partial charge is 0.197 e. The van der Waals surface area contributed by atoms with Gasteiger partial charge in [0.05, 0.1) is 6.07 Å². The van der Waals surface area contributed by atoms with Crippen LogP contribution < -0.4 is 0 Å². The van der Waals surface area contributed by atoms with Crippen LogP contribution in [0.5, 0.6) is 0 Å². The van der Waals surface area contributed by atoms with Crippen LogP contribution >= 0.6 is 22.6 Å². The summed E-state index contributed by atoms with van der Waals surface area (Å²) in [5.74, 6) is 0. The maximum Gasteiger partial charge on any atom is 0.107 e. The quantitative estimate of drug-likeness (QED) is 0.559. The summed E-state index contributed by atoms with van der Waals surface area (Å²) in [5, 5.41) is 9.86. The van der Waals surface area contributed by atoms with E-state index in [1.165, 1.54) is 0 Å².